The van der Waals surface area contributed by atoms with Crippen molar-refractivity contribution in [2.45, 2.75) is 13.5 Å². The van der Waals surface area contributed by atoms with Gasteiger partial charge in [0.05, 0.1) is 19.1 Å². The fourth-order valence-electron chi connectivity index (χ4n) is 2.64. The van der Waals surface area contributed by atoms with Gasteiger partial charge in [0.2, 0.25) is 0 Å². The Kier molecular flexibility index (Phi) is 5.02. The highest BCUT2D eigenvalue weighted by Gasteiger charge is 2.13. The van der Waals surface area contributed by atoms with E-state index < -0.39 is 0 Å². The number of methoxy groups -OCH3 is 2. The smallest absolute Gasteiger partial charge is 0.127 e. The minimum Gasteiger partial charge on any atom is -0.497 e. The van der Waals surface area contributed by atoms with Crippen molar-refractivity contribution in [1.82, 2.24) is 5.32 Å². The SMILES string of the molecule is COc1ccc(CNC(=S)c2sc3ccccc3c2C)c(OC)c1. The molecule has 3 nitrogen and oxygen atoms in total. The van der Waals surface area contributed by atoms with Crippen LogP contribution in [0.3, 0.4) is 0 Å². The maximum absolute atomic E-state index is 5.61. The van der Waals surface area contributed by atoms with Crippen molar-refractivity contribution in [1.29, 1.82) is 0 Å². The van der Waals surface area contributed by atoms with E-state index in [9.17, 15) is 0 Å². The Labute approximate surface area is 151 Å². The molecule has 24 heavy (non-hydrogen) atoms. The van der Waals surface area contributed by atoms with E-state index in [0.29, 0.717) is 6.54 Å². The standard InChI is InChI=1S/C19H19NO2S2/c1-12-15-6-4-5-7-17(15)24-18(12)19(23)20-11-13-8-9-14(21-2)10-16(13)22-3/h4-10H,11H2,1-3H3,(H,20,23). The van der Waals surface area contributed by atoms with Gasteiger partial charge in [-0.25, -0.2) is 0 Å². The molecule has 3 aromatic rings. The second-order valence-electron chi connectivity index (χ2n) is 5.41. The zero-order chi connectivity index (χ0) is 17.1. The largest absolute Gasteiger partial charge is 0.497 e. The number of benzene rings is 2. The molecule has 0 bridgehead atoms. The lowest BCUT2D eigenvalue weighted by molar-refractivity contribution is 0.390. The normalized spacial score (nSPS) is 10.6. The van der Waals surface area contributed by atoms with Crippen LogP contribution in [-0.4, -0.2) is 19.2 Å². The third kappa shape index (κ3) is 3.23. The molecule has 0 saturated carbocycles. The van der Waals surface area contributed by atoms with Gasteiger partial charge in [-0.1, -0.05) is 30.4 Å². The number of fused-ring (bicyclic) bond motifs is 1. The Morgan fingerprint density at radius 1 is 1.12 bits per heavy atom. The zero-order valence-electron chi connectivity index (χ0n) is 13.9. The molecule has 5 heteroatoms. The molecular formula is C19H19NO2S2. The summed E-state index contributed by atoms with van der Waals surface area (Å²) < 4.78 is 11.9. The molecule has 2 aromatic carbocycles. The van der Waals surface area contributed by atoms with E-state index in [4.69, 9.17) is 21.7 Å². The summed E-state index contributed by atoms with van der Waals surface area (Å²) in [6.45, 7) is 2.73. The molecule has 0 fully saturated rings. The van der Waals surface area contributed by atoms with Crippen molar-refractivity contribution >= 4 is 38.6 Å². The van der Waals surface area contributed by atoms with Gasteiger partial charge in [-0.05, 0) is 36.1 Å². The van der Waals surface area contributed by atoms with Gasteiger partial charge >= 0.3 is 0 Å². The van der Waals surface area contributed by atoms with Gasteiger partial charge in [0.1, 0.15) is 16.5 Å². The summed E-state index contributed by atoms with van der Waals surface area (Å²) in [4.78, 5) is 1.89. The molecule has 0 aliphatic heterocycles. The van der Waals surface area contributed by atoms with E-state index in [-0.39, 0.29) is 0 Å². The second-order valence-corrected chi connectivity index (χ2v) is 6.87. The van der Waals surface area contributed by atoms with Crippen LogP contribution in [0.4, 0.5) is 0 Å². The van der Waals surface area contributed by atoms with Crippen LogP contribution in [0, 0.1) is 6.92 Å². The van der Waals surface area contributed by atoms with Crippen LogP contribution in [0.15, 0.2) is 42.5 Å². The summed E-state index contributed by atoms with van der Waals surface area (Å²) in [5.41, 5.74) is 2.27. The highest BCUT2D eigenvalue weighted by molar-refractivity contribution is 7.81. The van der Waals surface area contributed by atoms with Crippen molar-refractivity contribution in [2.24, 2.45) is 0 Å². The van der Waals surface area contributed by atoms with Crippen LogP contribution in [0.1, 0.15) is 16.0 Å². The molecule has 0 saturated heterocycles. The Morgan fingerprint density at radius 3 is 2.62 bits per heavy atom. The maximum Gasteiger partial charge on any atom is 0.127 e. The third-order valence-electron chi connectivity index (χ3n) is 3.98. The van der Waals surface area contributed by atoms with Gasteiger partial charge in [0.25, 0.3) is 0 Å². The molecule has 0 aliphatic rings. The number of rotatable bonds is 5. The quantitative estimate of drug-likeness (QED) is 0.671. The molecule has 0 amide bonds. The summed E-state index contributed by atoms with van der Waals surface area (Å²) in [6, 6.07) is 14.2. The molecule has 0 atom stereocenters. The van der Waals surface area contributed by atoms with Crippen LogP contribution >= 0.6 is 23.6 Å². The van der Waals surface area contributed by atoms with Gasteiger partial charge in [0.15, 0.2) is 0 Å². The molecule has 0 unspecified atom stereocenters. The summed E-state index contributed by atoms with van der Waals surface area (Å²) in [7, 11) is 3.30. The molecule has 124 valence electrons. The topological polar surface area (TPSA) is 30.5 Å². The number of aryl methyl sites for hydroxylation is 1. The first-order valence-electron chi connectivity index (χ1n) is 7.61. The van der Waals surface area contributed by atoms with Crippen LogP contribution in [0.2, 0.25) is 0 Å². The monoisotopic (exact) mass is 357 g/mol. The van der Waals surface area contributed by atoms with Gasteiger partial charge in [-0.3, -0.25) is 0 Å². The zero-order valence-corrected chi connectivity index (χ0v) is 15.5. The molecule has 3 rings (SSSR count). The first-order valence-corrected chi connectivity index (χ1v) is 8.83. The van der Waals surface area contributed by atoms with E-state index in [1.165, 1.54) is 15.6 Å². The lowest BCUT2D eigenvalue weighted by atomic mass is 10.1. The first kappa shape index (κ1) is 16.7. The third-order valence-corrected chi connectivity index (χ3v) is 5.75. The minimum atomic E-state index is 0.611. The number of hydrogen-bond donors (Lipinski definition) is 1. The molecule has 0 spiro atoms. The molecule has 0 aliphatic carbocycles. The van der Waals surface area contributed by atoms with Crippen molar-refractivity contribution < 1.29 is 9.47 Å². The van der Waals surface area contributed by atoms with E-state index in [1.54, 1.807) is 25.6 Å². The average molecular weight is 358 g/mol. The van der Waals surface area contributed by atoms with E-state index in [0.717, 1.165) is 26.9 Å². The summed E-state index contributed by atoms with van der Waals surface area (Å²) in [5.74, 6) is 1.57. The Balaban J connectivity index is 1.79. The molecule has 1 aromatic heterocycles. The highest BCUT2D eigenvalue weighted by Crippen LogP contribution is 2.31. The summed E-state index contributed by atoms with van der Waals surface area (Å²) in [6.07, 6.45) is 0. The molecule has 1 heterocycles. The van der Waals surface area contributed by atoms with Gasteiger partial charge in [0, 0.05) is 22.9 Å². The van der Waals surface area contributed by atoms with Crippen molar-refractivity contribution in [2.75, 3.05) is 14.2 Å². The number of ether oxygens (including phenoxy) is 2. The fraction of sp³-hybridized carbons (Fsp3) is 0.211. The number of thiophene rings is 1. The van der Waals surface area contributed by atoms with Gasteiger partial charge in [-0.2, -0.15) is 0 Å². The van der Waals surface area contributed by atoms with Crippen LogP contribution in [-0.2, 0) is 6.54 Å². The van der Waals surface area contributed by atoms with Crippen LogP contribution in [0.25, 0.3) is 10.1 Å². The number of hydrogen-bond acceptors (Lipinski definition) is 4. The van der Waals surface area contributed by atoms with Gasteiger partial charge in [-0.15, -0.1) is 11.3 Å². The van der Waals surface area contributed by atoms with E-state index in [2.05, 4.69) is 36.5 Å². The summed E-state index contributed by atoms with van der Waals surface area (Å²) >= 11 is 7.34. The second kappa shape index (κ2) is 7.20. The Hall–Kier alpha value is -2.11. The van der Waals surface area contributed by atoms with Gasteiger partial charge < -0.3 is 14.8 Å². The summed E-state index contributed by atoms with van der Waals surface area (Å²) in [5, 5.41) is 4.62. The number of thiocarbonyl (C=S) groups is 1. The highest BCUT2D eigenvalue weighted by atomic mass is 32.1. The van der Waals surface area contributed by atoms with Crippen molar-refractivity contribution in [3.8, 4) is 11.5 Å². The van der Waals surface area contributed by atoms with Crippen molar-refractivity contribution in [3.05, 3.63) is 58.5 Å². The lowest BCUT2D eigenvalue weighted by Crippen LogP contribution is -2.21. The van der Waals surface area contributed by atoms with Crippen LogP contribution in [0.5, 0.6) is 11.5 Å². The van der Waals surface area contributed by atoms with Crippen molar-refractivity contribution in [3.63, 3.8) is 0 Å². The van der Waals surface area contributed by atoms with Crippen LogP contribution < -0.4 is 14.8 Å². The minimum absolute atomic E-state index is 0.611. The first-order chi connectivity index (χ1) is 11.6. The lowest BCUT2D eigenvalue weighted by Gasteiger charge is -2.12. The maximum atomic E-state index is 5.61. The predicted molar refractivity (Wildman–Crippen MR) is 105 cm³/mol. The van der Waals surface area contributed by atoms with E-state index >= 15 is 0 Å². The Bertz CT molecular complexity index is 886. The Morgan fingerprint density at radius 2 is 1.92 bits per heavy atom. The predicted octanol–water partition coefficient (Wildman–Crippen LogP) is 4.69. The molecular weight excluding hydrogens is 338 g/mol. The molecule has 0 radical (unpaired) electrons. The fourth-order valence-corrected chi connectivity index (χ4v) is 4.12. The molecule has 1 N–H and O–H groups in total. The number of nitrogens with one attached hydrogen (secondary N) is 1. The van der Waals surface area contributed by atoms with E-state index in [1.807, 2.05) is 18.2 Å². The average Bonchev–Trinajstić information content (AvgIpc) is 2.96.